The van der Waals surface area contributed by atoms with Gasteiger partial charge in [-0.1, -0.05) is 18.5 Å². The number of rotatable bonds is 6. The summed E-state index contributed by atoms with van der Waals surface area (Å²) >= 11 is 5.89. The van der Waals surface area contributed by atoms with Crippen LogP contribution in [-0.4, -0.2) is 42.5 Å². The summed E-state index contributed by atoms with van der Waals surface area (Å²) in [4.78, 5) is 17.8. The number of nitrogens with zero attached hydrogens (tertiary/aromatic N) is 2. The van der Waals surface area contributed by atoms with E-state index >= 15 is 0 Å². The summed E-state index contributed by atoms with van der Waals surface area (Å²) in [7, 11) is 1.99. The Kier molecular flexibility index (Phi) is 5.84. The molecule has 0 aromatic carbocycles. The fourth-order valence-corrected chi connectivity index (χ4v) is 1.51. The van der Waals surface area contributed by atoms with E-state index in [0.29, 0.717) is 22.9 Å². The molecule has 1 aromatic rings. The van der Waals surface area contributed by atoms with E-state index in [0.717, 1.165) is 13.1 Å². The van der Waals surface area contributed by atoms with Gasteiger partial charge >= 0.3 is 0 Å². The fraction of sp³-hybridized carbons (Fsp3) is 0.455. The van der Waals surface area contributed by atoms with E-state index < -0.39 is 0 Å². The van der Waals surface area contributed by atoms with Crippen LogP contribution in [0.15, 0.2) is 12.3 Å². The van der Waals surface area contributed by atoms with Gasteiger partial charge in [0.05, 0.1) is 10.6 Å². The van der Waals surface area contributed by atoms with Crippen molar-refractivity contribution >= 4 is 23.3 Å². The van der Waals surface area contributed by atoms with Crippen LogP contribution in [0.2, 0.25) is 5.02 Å². The molecular weight excluding hydrogens is 254 g/mol. The van der Waals surface area contributed by atoms with Gasteiger partial charge in [0, 0.05) is 19.3 Å². The first-order chi connectivity index (χ1) is 8.58. The zero-order chi connectivity index (χ0) is 13.5. The first-order valence-electron chi connectivity index (χ1n) is 5.67. The molecule has 4 N–H and O–H groups in total. The van der Waals surface area contributed by atoms with Crippen LogP contribution in [0.1, 0.15) is 17.3 Å². The van der Waals surface area contributed by atoms with Gasteiger partial charge in [0.2, 0.25) is 0 Å². The molecule has 0 spiro atoms. The third-order valence-electron chi connectivity index (χ3n) is 2.56. The molecule has 18 heavy (non-hydrogen) atoms. The minimum atomic E-state index is -0.197. The molecule has 6 nitrogen and oxygen atoms in total. The van der Waals surface area contributed by atoms with Crippen LogP contribution in [0.5, 0.6) is 0 Å². The standard InChI is InChI=1S/C11H18ClN5O/c1-3-17(2)5-4-14-11(18)8-6-9(12)10(16-13)15-7-8/h6-7H,3-5,13H2,1-2H3,(H,14,18)(H,15,16). The van der Waals surface area contributed by atoms with Crippen LogP contribution in [0.25, 0.3) is 0 Å². The minimum absolute atomic E-state index is 0.197. The molecule has 1 heterocycles. The summed E-state index contributed by atoms with van der Waals surface area (Å²) in [5.41, 5.74) is 2.76. The predicted octanol–water partition coefficient (Wildman–Crippen LogP) is 0.702. The number of hydrazine groups is 1. The molecule has 0 saturated carbocycles. The molecule has 1 rings (SSSR count). The highest BCUT2D eigenvalue weighted by molar-refractivity contribution is 6.33. The van der Waals surface area contributed by atoms with E-state index in [1.165, 1.54) is 12.3 Å². The topological polar surface area (TPSA) is 83.3 Å². The normalized spacial score (nSPS) is 10.5. The second-order valence-electron chi connectivity index (χ2n) is 3.85. The van der Waals surface area contributed by atoms with E-state index in [1.54, 1.807) is 0 Å². The van der Waals surface area contributed by atoms with E-state index in [-0.39, 0.29) is 5.91 Å². The number of halogens is 1. The zero-order valence-corrected chi connectivity index (χ0v) is 11.3. The number of pyridine rings is 1. The lowest BCUT2D eigenvalue weighted by Gasteiger charge is -2.14. The van der Waals surface area contributed by atoms with Gasteiger partial charge in [0.25, 0.3) is 5.91 Å². The average Bonchev–Trinajstić information content (AvgIpc) is 2.38. The number of carbonyl (C=O) groups is 1. The Hall–Kier alpha value is -1.37. The Morgan fingerprint density at radius 3 is 2.89 bits per heavy atom. The van der Waals surface area contributed by atoms with Crippen molar-refractivity contribution in [2.45, 2.75) is 6.92 Å². The van der Waals surface area contributed by atoms with Gasteiger partial charge in [-0.25, -0.2) is 10.8 Å². The lowest BCUT2D eigenvalue weighted by Crippen LogP contribution is -2.33. The first-order valence-corrected chi connectivity index (χ1v) is 6.05. The summed E-state index contributed by atoms with van der Waals surface area (Å²) in [5.74, 6) is 5.35. The Balaban J connectivity index is 2.54. The Morgan fingerprint density at radius 1 is 1.61 bits per heavy atom. The van der Waals surface area contributed by atoms with Gasteiger partial charge in [-0.2, -0.15) is 0 Å². The van der Waals surface area contributed by atoms with E-state index in [4.69, 9.17) is 17.4 Å². The molecule has 1 aromatic heterocycles. The highest BCUT2D eigenvalue weighted by atomic mass is 35.5. The molecule has 1 amide bonds. The smallest absolute Gasteiger partial charge is 0.252 e. The van der Waals surface area contributed by atoms with Crippen LogP contribution in [0.3, 0.4) is 0 Å². The fourth-order valence-electron chi connectivity index (χ4n) is 1.29. The van der Waals surface area contributed by atoms with Crippen molar-refractivity contribution < 1.29 is 4.79 Å². The van der Waals surface area contributed by atoms with Crippen LogP contribution in [0, 0.1) is 0 Å². The SMILES string of the molecule is CCN(C)CCNC(=O)c1cnc(NN)c(Cl)c1. The summed E-state index contributed by atoms with van der Waals surface area (Å²) < 4.78 is 0. The summed E-state index contributed by atoms with van der Waals surface area (Å²) in [5, 5.41) is 3.11. The summed E-state index contributed by atoms with van der Waals surface area (Å²) in [6, 6.07) is 1.53. The molecule has 0 unspecified atom stereocenters. The summed E-state index contributed by atoms with van der Waals surface area (Å²) in [6.07, 6.45) is 1.43. The maximum Gasteiger partial charge on any atom is 0.252 e. The largest absolute Gasteiger partial charge is 0.351 e. The number of hydrogen-bond donors (Lipinski definition) is 3. The molecule has 0 aliphatic heterocycles. The maximum atomic E-state index is 11.8. The Morgan fingerprint density at radius 2 is 2.33 bits per heavy atom. The molecule has 7 heteroatoms. The molecule has 0 atom stereocenters. The second kappa shape index (κ2) is 7.15. The zero-order valence-electron chi connectivity index (χ0n) is 10.5. The number of anilines is 1. The van der Waals surface area contributed by atoms with Crippen LogP contribution in [-0.2, 0) is 0 Å². The van der Waals surface area contributed by atoms with Crippen molar-refractivity contribution in [2.24, 2.45) is 5.84 Å². The Bertz CT molecular complexity index is 412. The first kappa shape index (κ1) is 14.7. The van der Waals surface area contributed by atoms with Crippen molar-refractivity contribution in [1.29, 1.82) is 0 Å². The number of nitrogen functional groups attached to an aromatic ring is 1. The Labute approximate surface area is 111 Å². The highest BCUT2D eigenvalue weighted by Crippen LogP contribution is 2.18. The van der Waals surface area contributed by atoms with E-state index in [2.05, 4.69) is 27.6 Å². The van der Waals surface area contributed by atoms with Crippen molar-refractivity contribution in [3.8, 4) is 0 Å². The van der Waals surface area contributed by atoms with Gasteiger partial charge in [0.1, 0.15) is 0 Å². The van der Waals surface area contributed by atoms with Gasteiger partial charge in [0.15, 0.2) is 5.82 Å². The molecule has 0 bridgehead atoms. The minimum Gasteiger partial charge on any atom is -0.351 e. The quantitative estimate of drug-likeness (QED) is 0.524. The number of amides is 1. The number of likely N-dealkylation sites (N-methyl/N-ethyl adjacent to an activating group) is 1. The van der Waals surface area contributed by atoms with Gasteiger partial charge in [-0.15, -0.1) is 0 Å². The van der Waals surface area contributed by atoms with Crippen LogP contribution < -0.4 is 16.6 Å². The van der Waals surface area contributed by atoms with Crippen molar-refractivity contribution in [1.82, 2.24) is 15.2 Å². The third-order valence-corrected chi connectivity index (χ3v) is 2.85. The highest BCUT2D eigenvalue weighted by Gasteiger charge is 2.09. The van der Waals surface area contributed by atoms with Crippen LogP contribution in [0.4, 0.5) is 5.82 Å². The van der Waals surface area contributed by atoms with Crippen molar-refractivity contribution in [2.75, 3.05) is 32.1 Å². The molecule has 0 radical (unpaired) electrons. The average molecular weight is 272 g/mol. The van der Waals surface area contributed by atoms with Crippen molar-refractivity contribution in [3.05, 3.63) is 22.8 Å². The molecular formula is C11H18ClN5O. The number of hydrogen-bond acceptors (Lipinski definition) is 5. The molecule has 0 aliphatic rings. The molecule has 0 aliphatic carbocycles. The van der Waals surface area contributed by atoms with Crippen molar-refractivity contribution in [3.63, 3.8) is 0 Å². The number of nitrogens with one attached hydrogen (secondary N) is 2. The molecule has 0 saturated heterocycles. The van der Waals surface area contributed by atoms with E-state index in [9.17, 15) is 4.79 Å². The van der Waals surface area contributed by atoms with Gasteiger partial charge in [-0.05, 0) is 19.7 Å². The van der Waals surface area contributed by atoms with E-state index in [1.807, 2.05) is 7.05 Å². The lowest BCUT2D eigenvalue weighted by molar-refractivity contribution is 0.0950. The monoisotopic (exact) mass is 271 g/mol. The summed E-state index contributed by atoms with van der Waals surface area (Å²) in [6.45, 7) is 4.38. The van der Waals surface area contributed by atoms with Gasteiger partial charge in [-0.3, -0.25) is 4.79 Å². The number of aromatic nitrogens is 1. The molecule has 100 valence electrons. The number of nitrogens with two attached hydrogens (primary N) is 1. The van der Waals surface area contributed by atoms with Crippen LogP contribution >= 0.6 is 11.6 Å². The number of carbonyl (C=O) groups excluding carboxylic acids is 1. The van der Waals surface area contributed by atoms with Gasteiger partial charge < -0.3 is 15.6 Å². The third kappa shape index (κ3) is 4.14. The predicted molar refractivity (Wildman–Crippen MR) is 72.6 cm³/mol. The second-order valence-corrected chi connectivity index (χ2v) is 4.26. The maximum absolute atomic E-state index is 11.8. The lowest BCUT2D eigenvalue weighted by atomic mass is 10.2. The molecule has 0 fully saturated rings.